The van der Waals surface area contributed by atoms with Crippen LogP contribution in [0.25, 0.3) is 32.9 Å². The van der Waals surface area contributed by atoms with Crippen molar-refractivity contribution >= 4 is 28.1 Å². The molecule has 4 aromatic rings. The summed E-state index contributed by atoms with van der Waals surface area (Å²) in [6.45, 7) is 3.75. The first kappa shape index (κ1) is 17.2. The van der Waals surface area contributed by atoms with Crippen LogP contribution in [0.2, 0.25) is 0 Å². The third-order valence-electron chi connectivity index (χ3n) is 6.03. The Morgan fingerprint density at radius 2 is 2.07 bits per heavy atom. The summed E-state index contributed by atoms with van der Waals surface area (Å²) in [6, 6.07) is 8.55. The summed E-state index contributed by atoms with van der Waals surface area (Å²) < 4.78 is 4.28. The van der Waals surface area contributed by atoms with Gasteiger partial charge in [0.25, 0.3) is 0 Å². The lowest BCUT2D eigenvalue weighted by atomic mass is 9.82. The lowest BCUT2D eigenvalue weighted by Gasteiger charge is -2.23. The molecule has 0 spiro atoms. The van der Waals surface area contributed by atoms with E-state index in [1.54, 1.807) is 0 Å². The van der Waals surface area contributed by atoms with E-state index in [1.807, 2.05) is 18.8 Å². The van der Waals surface area contributed by atoms with Gasteiger partial charge in [-0.25, -0.2) is 0 Å². The molecule has 0 bridgehead atoms. The predicted molar refractivity (Wildman–Crippen MR) is 113 cm³/mol. The molecule has 142 valence electrons. The van der Waals surface area contributed by atoms with Gasteiger partial charge in [0.2, 0.25) is 0 Å². The van der Waals surface area contributed by atoms with Gasteiger partial charge in [0.15, 0.2) is 6.29 Å². The Morgan fingerprint density at radius 3 is 2.82 bits per heavy atom. The van der Waals surface area contributed by atoms with Crippen molar-refractivity contribution in [1.29, 1.82) is 0 Å². The second-order valence-corrected chi connectivity index (χ2v) is 7.54. The first-order valence-corrected chi connectivity index (χ1v) is 9.90. The van der Waals surface area contributed by atoms with Gasteiger partial charge >= 0.3 is 0 Å². The van der Waals surface area contributed by atoms with Crippen LogP contribution in [0, 0.1) is 0 Å². The molecule has 5 rings (SSSR count). The third kappa shape index (κ3) is 2.17. The predicted octanol–water partition coefficient (Wildman–Crippen LogP) is 3.85. The first-order chi connectivity index (χ1) is 13.7. The number of aromatic nitrogens is 3. The molecule has 0 fully saturated rings. The fraction of sp³-hybridized carbons (Fsp3) is 0.304. The number of carbonyl (C=O) groups is 1. The van der Waals surface area contributed by atoms with Crippen molar-refractivity contribution in [2.75, 3.05) is 7.05 Å². The van der Waals surface area contributed by atoms with Crippen LogP contribution in [0.15, 0.2) is 30.5 Å². The monoisotopic (exact) mass is 372 g/mol. The highest BCUT2D eigenvalue weighted by Gasteiger charge is 2.29. The number of hydrogen-bond acceptors (Lipinski definition) is 3. The van der Waals surface area contributed by atoms with E-state index in [9.17, 15) is 4.79 Å². The molecular formula is C23H24N4O. The Morgan fingerprint density at radius 1 is 1.25 bits per heavy atom. The molecule has 28 heavy (non-hydrogen) atoms. The van der Waals surface area contributed by atoms with Crippen LogP contribution in [0.3, 0.4) is 0 Å². The summed E-state index contributed by atoms with van der Waals surface area (Å²) in [5.74, 6) is 0. The lowest BCUT2D eigenvalue weighted by molar-refractivity contribution is 0.112. The Labute approximate surface area is 164 Å². The molecule has 0 amide bonds. The molecule has 2 aromatic carbocycles. The van der Waals surface area contributed by atoms with E-state index < -0.39 is 0 Å². The first-order valence-electron chi connectivity index (χ1n) is 9.90. The minimum absolute atomic E-state index is 0.658. The number of nitrogens with zero attached hydrogens (tertiary/aromatic N) is 3. The van der Waals surface area contributed by atoms with Gasteiger partial charge in [-0.1, -0.05) is 18.2 Å². The van der Waals surface area contributed by atoms with E-state index in [-0.39, 0.29) is 0 Å². The van der Waals surface area contributed by atoms with E-state index in [1.165, 1.54) is 27.4 Å². The Balaban J connectivity index is 2.05. The van der Waals surface area contributed by atoms with Crippen molar-refractivity contribution in [3.05, 3.63) is 52.8 Å². The topological polar surface area (TPSA) is 51.9 Å². The van der Waals surface area contributed by atoms with Crippen molar-refractivity contribution in [3.8, 4) is 11.1 Å². The molecule has 2 heterocycles. The summed E-state index contributed by atoms with van der Waals surface area (Å²) in [5.41, 5.74) is 8.99. The molecule has 0 unspecified atom stereocenters. The van der Waals surface area contributed by atoms with Crippen molar-refractivity contribution in [2.45, 2.75) is 32.9 Å². The minimum atomic E-state index is 0.658. The summed E-state index contributed by atoms with van der Waals surface area (Å²) >= 11 is 0. The zero-order valence-corrected chi connectivity index (χ0v) is 16.5. The number of rotatable bonds is 4. The highest BCUT2D eigenvalue weighted by atomic mass is 16.1. The van der Waals surface area contributed by atoms with Crippen molar-refractivity contribution < 1.29 is 4.79 Å². The number of carbonyl (C=O) groups excluding carboxylic acids is 1. The van der Waals surface area contributed by atoms with E-state index in [0.717, 1.165) is 53.6 Å². The van der Waals surface area contributed by atoms with Crippen LogP contribution < -0.4 is 5.32 Å². The van der Waals surface area contributed by atoms with Crippen LogP contribution in [0.4, 0.5) is 0 Å². The average Bonchev–Trinajstić information content (AvgIpc) is 3.25. The molecule has 1 N–H and O–H groups in total. The summed E-state index contributed by atoms with van der Waals surface area (Å²) in [4.78, 5) is 12.4. The van der Waals surface area contributed by atoms with Gasteiger partial charge in [-0.2, -0.15) is 5.10 Å². The van der Waals surface area contributed by atoms with Crippen molar-refractivity contribution in [1.82, 2.24) is 19.7 Å². The van der Waals surface area contributed by atoms with Gasteiger partial charge in [0.05, 0.1) is 11.2 Å². The summed E-state index contributed by atoms with van der Waals surface area (Å²) in [7, 11) is 3.89. The van der Waals surface area contributed by atoms with Gasteiger partial charge < -0.3 is 9.88 Å². The summed E-state index contributed by atoms with van der Waals surface area (Å²) in [6.07, 6.45) is 4.93. The fourth-order valence-electron chi connectivity index (χ4n) is 5.03. The molecule has 5 nitrogen and oxygen atoms in total. The zero-order chi connectivity index (χ0) is 19.4. The SMILES string of the molecule is CCn1c2ccccc2c2c(CNC)c(C=O)c3c(c21)CCc1nn(C)cc1-3. The Hall–Kier alpha value is -2.92. The van der Waals surface area contributed by atoms with Gasteiger partial charge in [-0.05, 0) is 44.0 Å². The number of fused-ring (bicyclic) bond motifs is 7. The van der Waals surface area contributed by atoms with Crippen molar-refractivity contribution in [3.63, 3.8) is 0 Å². The highest BCUT2D eigenvalue weighted by Crippen LogP contribution is 2.44. The molecule has 0 aliphatic heterocycles. The molecule has 5 heteroatoms. The number of para-hydroxylation sites is 1. The third-order valence-corrected chi connectivity index (χ3v) is 6.03. The smallest absolute Gasteiger partial charge is 0.151 e. The largest absolute Gasteiger partial charge is 0.341 e. The molecule has 0 radical (unpaired) electrons. The van der Waals surface area contributed by atoms with Crippen LogP contribution in [0.5, 0.6) is 0 Å². The molecule has 0 saturated heterocycles. The molecular weight excluding hydrogens is 348 g/mol. The second kappa shape index (κ2) is 6.31. The molecule has 0 atom stereocenters. The zero-order valence-electron chi connectivity index (χ0n) is 16.5. The fourth-order valence-corrected chi connectivity index (χ4v) is 5.03. The maximum absolute atomic E-state index is 12.4. The standard InChI is InChI=1S/C23H24N4O/c1-4-27-20-8-6-5-7-14(20)22-16(11-24-2)18(13-28)21-15(23(22)27)9-10-19-17(21)12-26(3)25-19/h5-8,12-13,24H,4,9-11H2,1-3H3. The van der Waals surface area contributed by atoms with E-state index in [4.69, 9.17) is 0 Å². The van der Waals surface area contributed by atoms with E-state index in [2.05, 4.69) is 52.4 Å². The maximum atomic E-state index is 12.4. The average molecular weight is 372 g/mol. The van der Waals surface area contributed by atoms with Crippen LogP contribution >= 0.6 is 0 Å². The summed E-state index contributed by atoms with van der Waals surface area (Å²) in [5, 5.41) is 10.4. The molecule has 1 aliphatic rings. The van der Waals surface area contributed by atoms with Crippen LogP contribution in [-0.2, 0) is 33.0 Å². The Kier molecular flexibility index (Phi) is 3.88. The minimum Gasteiger partial charge on any atom is -0.341 e. The van der Waals surface area contributed by atoms with Crippen LogP contribution in [-0.4, -0.2) is 27.7 Å². The number of aldehydes is 1. The second-order valence-electron chi connectivity index (χ2n) is 7.54. The van der Waals surface area contributed by atoms with Crippen molar-refractivity contribution in [2.24, 2.45) is 7.05 Å². The highest BCUT2D eigenvalue weighted by molar-refractivity contribution is 6.15. The maximum Gasteiger partial charge on any atom is 0.151 e. The van der Waals surface area contributed by atoms with E-state index >= 15 is 0 Å². The van der Waals surface area contributed by atoms with Gasteiger partial charge in [-0.3, -0.25) is 9.48 Å². The van der Waals surface area contributed by atoms with E-state index in [0.29, 0.717) is 6.54 Å². The number of aryl methyl sites for hydroxylation is 4. The van der Waals surface area contributed by atoms with Gasteiger partial charge in [0, 0.05) is 59.3 Å². The van der Waals surface area contributed by atoms with Gasteiger partial charge in [-0.15, -0.1) is 0 Å². The molecule has 0 saturated carbocycles. The molecule has 1 aliphatic carbocycles. The number of nitrogens with one attached hydrogen (secondary N) is 1. The Bertz CT molecular complexity index is 1250. The lowest BCUT2D eigenvalue weighted by Crippen LogP contribution is -2.14. The van der Waals surface area contributed by atoms with Crippen LogP contribution in [0.1, 0.15) is 34.1 Å². The number of hydrogen-bond donors (Lipinski definition) is 1. The normalized spacial score (nSPS) is 13.1. The molecule has 2 aromatic heterocycles. The number of benzene rings is 2. The van der Waals surface area contributed by atoms with Gasteiger partial charge in [0.1, 0.15) is 0 Å². The quantitative estimate of drug-likeness (QED) is 0.554.